The first-order chi connectivity index (χ1) is 17.0. The molecule has 2 atom stereocenters. The average Bonchev–Trinajstić information content (AvgIpc) is 3.01. The Hall–Kier alpha value is -4.00. The lowest BCUT2D eigenvalue weighted by molar-refractivity contribution is -0.141. The fourth-order valence-electron chi connectivity index (χ4n) is 4.37. The number of rotatable bonds is 7. The molecule has 182 valence electrons. The van der Waals surface area contributed by atoms with Gasteiger partial charge in [-0.05, 0) is 48.7 Å². The van der Waals surface area contributed by atoms with E-state index < -0.39 is 6.10 Å². The molecule has 0 spiro atoms. The maximum atomic E-state index is 13.4. The highest BCUT2D eigenvalue weighted by molar-refractivity contribution is 6.00. The Labute approximate surface area is 206 Å². The number of methoxy groups -OCH3 is 1. The second-order valence-corrected chi connectivity index (χ2v) is 8.45. The van der Waals surface area contributed by atoms with Gasteiger partial charge in [0, 0.05) is 23.0 Å². The zero-order valence-corrected chi connectivity index (χ0v) is 20.3. The van der Waals surface area contributed by atoms with Gasteiger partial charge in [-0.2, -0.15) is 0 Å². The van der Waals surface area contributed by atoms with E-state index in [4.69, 9.17) is 9.47 Å². The van der Waals surface area contributed by atoms with Gasteiger partial charge in [-0.15, -0.1) is 0 Å². The van der Waals surface area contributed by atoms with Crippen LogP contribution < -0.4 is 20.1 Å². The minimum atomic E-state index is -0.552. The summed E-state index contributed by atoms with van der Waals surface area (Å²) < 4.78 is 11.3. The number of carbonyl (C=O) groups excluding carboxylic acids is 2. The van der Waals surface area contributed by atoms with Crippen molar-refractivity contribution in [2.24, 2.45) is 0 Å². The third-order valence-electron chi connectivity index (χ3n) is 6.13. The predicted octanol–water partition coefficient (Wildman–Crippen LogP) is 5.99. The van der Waals surface area contributed by atoms with Crippen LogP contribution in [0.5, 0.6) is 11.5 Å². The van der Waals surface area contributed by atoms with Gasteiger partial charge in [-0.25, -0.2) is 4.79 Å². The molecular formula is C28H31N3O4. The molecule has 0 aliphatic carbocycles. The number of amides is 3. The fourth-order valence-corrected chi connectivity index (χ4v) is 4.37. The van der Waals surface area contributed by atoms with Gasteiger partial charge in [0.15, 0.2) is 6.10 Å². The van der Waals surface area contributed by atoms with E-state index in [1.54, 1.807) is 31.4 Å². The van der Waals surface area contributed by atoms with Crippen LogP contribution in [-0.4, -0.2) is 30.1 Å². The van der Waals surface area contributed by atoms with Crippen LogP contribution in [0.15, 0.2) is 72.8 Å². The Morgan fingerprint density at radius 1 is 1.03 bits per heavy atom. The molecular weight excluding hydrogens is 442 g/mol. The molecule has 3 aromatic rings. The lowest BCUT2D eigenvalue weighted by atomic mass is 10.0. The summed E-state index contributed by atoms with van der Waals surface area (Å²) in [6, 6.07) is 22.2. The Bertz CT molecular complexity index is 1180. The number of carbonyl (C=O) groups is 2. The zero-order valence-electron chi connectivity index (χ0n) is 20.3. The lowest BCUT2D eigenvalue weighted by Gasteiger charge is -2.32. The number of hydrogen-bond acceptors (Lipinski definition) is 4. The topological polar surface area (TPSA) is 79.9 Å². The largest absolute Gasteiger partial charge is 0.497 e. The van der Waals surface area contributed by atoms with E-state index in [2.05, 4.69) is 29.7 Å². The summed E-state index contributed by atoms with van der Waals surface area (Å²) in [7, 11) is 1.58. The SMILES string of the molecule is CC[C@H]1Oc2ccc(NC(=O)Nc3cccc(OC)c3)cc2CN([C@@H](CC)c2ccccc2)C1=O. The van der Waals surface area contributed by atoms with Crippen LogP contribution in [0.3, 0.4) is 0 Å². The predicted molar refractivity (Wildman–Crippen MR) is 137 cm³/mol. The van der Waals surface area contributed by atoms with Crippen molar-refractivity contribution in [1.29, 1.82) is 0 Å². The fraction of sp³-hybridized carbons (Fsp3) is 0.286. The monoisotopic (exact) mass is 473 g/mol. The summed E-state index contributed by atoms with van der Waals surface area (Å²) in [6.07, 6.45) is 0.801. The standard InChI is InChI=1S/C28H31N3O4/c1-4-24(19-10-7-6-8-11-19)31-18-20-16-22(14-15-26(20)35-25(5-2)27(31)32)30-28(33)29-21-12-9-13-23(17-21)34-3/h6-17,24-25H,4-5,18H2,1-3H3,(H2,29,30,33)/t24-,25+/m0/s1. The van der Waals surface area contributed by atoms with E-state index in [0.29, 0.717) is 35.8 Å². The average molecular weight is 474 g/mol. The molecule has 0 bridgehead atoms. The van der Waals surface area contributed by atoms with Crippen LogP contribution in [0.2, 0.25) is 0 Å². The summed E-state index contributed by atoms with van der Waals surface area (Å²) in [6.45, 7) is 4.43. The van der Waals surface area contributed by atoms with Gasteiger partial charge in [0.05, 0.1) is 19.7 Å². The van der Waals surface area contributed by atoms with Crippen LogP contribution in [0.1, 0.15) is 43.9 Å². The molecule has 1 aliphatic rings. The van der Waals surface area contributed by atoms with Crippen molar-refractivity contribution in [3.63, 3.8) is 0 Å². The van der Waals surface area contributed by atoms with Crippen molar-refractivity contribution in [3.8, 4) is 11.5 Å². The van der Waals surface area contributed by atoms with Gasteiger partial charge in [0.2, 0.25) is 0 Å². The minimum absolute atomic E-state index is 0.0234. The molecule has 0 saturated carbocycles. The molecule has 7 heteroatoms. The van der Waals surface area contributed by atoms with E-state index in [-0.39, 0.29) is 18.0 Å². The molecule has 1 heterocycles. The zero-order chi connectivity index (χ0) is 24.8. The van der Waals surface area contributed by atoms with E-state index >= 15 is 0 Å². The summed E-state index contributed by atoms with van der Waals surface area (Å²) in [5.41, 5.74) is 3.18. The lowest BCUT2D eigenvalue weighted by Crippen LogP contribution is -2.41. The first-order valence-electron chi connectivity index (χ1n) is 11.9. The Kier molecular flexibility index (Phi) is 7.55. The third kappa shape index (κ3) is 5.57. The van der Waals surface area contributed by atoms with Crippen molar-refractivity contribution < 1.29 is 19.1 Å². The molecule has 3 aromatic carbocycles. The number of benzene rings is 3. The van der Waals surface area contributed by atoms with Crippen LogP contribution in [-0.2, 0) is 11.3 Å². The number of hydrogen-bond donors (Lipinski definition) is 2. The summed E-state index contributed by atoms with van der Waals surface area (Å²) >= 11 is 0. The molecule has 35 heavy (non-hydrogen) atoms. The minimum Gasteiger partial charge on any atom is -0.497 e. The number of anilines is 2. The molecule has 0 aromatic heterocycles. The smallest absolute Gasteiger partial charge is 0.323 e. The highest BCUT2D eigenvalue weighted by Gasteiger charge is 2.34. The first-order valence-corrected chi connectivity index (χ1v) is 11.9. The van der Waals surface area contributed by atoms with Crippen LogP contribution in [0.4, 0.5) is 16.2 Å². The van der Waals surface area contributed by atoms with Crippen LogP contribution in [0.25, 0.3) is 0 Å². The van der Waals surface area contributed by atoms with E-state index in [1.165, 1.54) is 0 Å². The Morgan fingerprint density at radius 3 is 2.46 bits per heavy atom. The van der Waals surface area contributed by atoms with E-state index in [0.717, 1.165) is 17.5 Å². The number of ether oxygens (including phenoxy) is 2. The molecule has 0 radical (unpaired) electrons. The molecule has 7 nitrogen and oxygen atoms in total. The summed E-state index contributed by atoms with van der Waals surface area (Å²) in [5, 5.41) is 5.69. The van der Waals surface area contributed by atoms with Gasteiger partial charge in [0.25, 0.3) is 5.91 Å². The maximum absolute atomic E-state index is 13.4. The molecule has 4 rings (SSSR count). The van der Waals surface area contributed by atoms with E-state index in [1.807, 2.05) is 48.2 Å². The Balaban J connectivity index is 1.57. The number of nitrogens with one attached hydrogen (secondary N) is 2. The van der Waals surface area contributed by atoms with Gasteiger partial charge >= 0.3 is 6.03 Å². The Morgan fingerprint density at radius 2 is 1.77 bits per heavy atom. The van der Waals surface area contributed by atoms with E-state index in [9.17, 15) is 9.59 Å². The second kappa shape index (κ2) is 11.0. The molecule has 3 amide bonds. The van der Waals surface area contributed by atoms with Crippen molar-refractivity contribution >= 4 is 23.3 Å². The highest BCUT2D eigenvalue weighted by Crippen LogP contribution is 2.35. The second-order valence-electron chi connectivity index (χ2n) is 8.45. The number of nitrogens with zero attached hydrogens (tertiary/aromatic N) is 1. The highest BCUT2D eigenvalue weighted by atomic mass is 16.5. The van der Waals surface area contributed by atoms with Gasteiger partial charge in [-0.3, -0.25) is 4.79 Å². The quantitative estimate of drug-likeness (QED) is 0.442. The van der Waals surface area contributed by atoms with Crippen molar-refractivity contribution in [1.82, 2.24) is 4.90 Å². The molecule has 0 fully saturated rings. The molecule has 0 saturated heterocycles. The van der Waals surface area contributed by atoms with Crippen molar-refractivity contribution in [2.45, 2.75) is 45.4 Å². The summed E-state index contributed by atoms with van der Waals surface area (Å²) in [4.78, 5) is 28.0. The van der Waals surface area contributed by atoms with Gasteiger partial charge < -0.3 is 25.0 Å². The third-order valence-corrected chi connectivity index (χ3v) is 6.13. The molecule has 0 unspecified atom stereocenters. The normalized spacial score (nSPS) is 15.9. The maximum Gasteiger partial charge on any atom is 0.323 e. The summed E-state index contributed by atoms with van der Waals surface area (Å²) in [5.74, 6) is 1.29. The number of fused-ring (bicyclic) bond motifs is 1. The molecule has 1 aliphatic heterocycles. The first kappa shape index (κ1) is 24.1. The van der Waals surface area contributed by atoms with Crippen molar-refractivity contribution in [2.75, 3.05) is 17.7 Å². The van der Waals surface area contributed by atoms with Crippen LogP contribution >= 0.6 is 0 Å². The molecule has 2 N–H and O–H groups in total. The van der Waals surface area contributed by atoms with Crippen molar-refractivity contribution in [3.05, 3.63) is 83.9 Å². The van der Waals surface area contributed by atoms with Gasteiger partial charge in [-0.1, -0.05) is 50.2 Å². The number of urea groups is 1. The van der Waals surface area contributed by atoms with Crippen LogP contribution in [0, 0.1) is 0 Å². The van der Waals surface area contributed by atoms with Gasteiger partial charge in [0.1, 0.15) is 11.5 Å².